The van der Waals surface area contributed by atoms with Crippen molar-refractivity contribution in [2.75, 3.05) is 6.54 Å². The lowest BCUT2D eigenvalue weighted by Gasteiger charge is -2.56. The van der Waals surface area contributed by atoms with Crippen molar-refractivity contribution < 1.29 is 4.79 Å². The van der Waals surface area contributed by atoms with Crippen LogP contribution in [0.4, 0.5) is 0 Å². The van der Waals surface area contributed by atoms with Gasteiger partial charge in [0, 0.05) is 18.8 Å². The second-order valence-electron chi connectivity index (χ2n) is 6.77. The number of carbonyl (C=O) groups excluding carboxylic acids is 1. The van der Waals surface area contributed by atoms with E-state index in [2.05, 4.69) is 30.2 Å². The highest BCUT2D eigenvalue weighted by Gasteiger charge is 2.50. The molecule has 1 heterocycles. The molecule has 0 saturated heterocycles. The standard InChI is InChI=1S/C17H22N2O2/c1-17(2)13-5-3-11(14(17)9-13)7-8-18-16(21)12-4-6-15(20)19-10-12/h3-4,6,10,13-14H,5,7-9H2,1-2H3,(H,18,21)(H,19,20)/t13-,14-/m0/s1. The molecule has 112 valence electrons. The predicted octanol–water partition coefficient (Wildman–Crippen LogP) is 2.49. The van der Waals surface area contributed by atoms with Crippen LogP contribution in [0.3, 0.4) is 0 Å². The van der Waals surface area contributed by atoms with Gasteiger partial charge in [0.2, 0.25) is 5.56 Å². The summed E-state index contributed by atoms with van der Waals surface area (Å²) in [6.45, 7) is 5.37. The average molecular weight is 286 g/mol. The van der Waals surface area contributed by atoms with Gasteiger partial charge < -0.3 is 10.3 Å². The number of amides is 1. The molecule has 2 bridgehead atoms. The van der Waals surface area contributed by atoms with Gasteiger partial charge >= 0.3 is 0 Å². The van der Waals surface area contributed by atoms with E-state index in [1.165, 1.54) is 30.7 Å². The van der Waals surface area contributed by atoms with Gasteiger partial charge in [0.25, 0.3) is 5.91 Å². The molecule has 2 atom stereocenters. The van der Waals surface area contributed by atoms with Crippen molar-refractivity contribution >= 4 is 5.91 Å². The molecular weight excluding hydrogens is 264 g/mol. The number of aromatic nitrogens is 1. The molecule has 1 aromatic heterocycles. The van der Waals surface area contributed by atoms with Crippen LogP contribution in [0.5, 0.6) is 0 Å². The molecule has 1 aromatic rings. The van der Waals surface area contributed by atoms with Gasteiger partial charge in [-0.3, -0.25) is 9.59 Å². The first-order chi connectivity index (χ1) is 9.98. The van der Waals surface area contributed by atoms with E-state index in [9.17, 15) is 9.59 Å². The lowest BCUT2D eigenvalue weighted by molar-refractivity contribution is -0.00811. The van der Waals surface area contributed by atoms with E-state index in [4.69, 9.17) is 0 Å². The first kappa shape index (κ1) is 14.1. The van der Waals surface area contributed by atoms with E-state index in [1.54, 1.807) is 6.07 Å². The summed E-state index contributed by atoms with van der Waals surface area (Å²) in [4.78, 5) is 25.5. The maximum absolute atomic E-state index is 12.0. The lowest BCUT2D eigenvalue weighted by Crippen LogP contribution is -2.48. The van der Waals surface area contributed by atoms with Crippen LogP contribution < -0.4 is 10.9 Å². The summed E-state index contributed by atoms with van der Waals surface area (Å²) in [6.07, 6.45) is 7.25. The van der Waals surface area contributed by atoms with E-state index in [0.717, 1.165) is 12.3 Å². The third-order valence-corrected chi connectivity index (χ3v) is 5.33. The largest absolute Gasteiger partial charge is 0.352 e. The monoisotopic (exact) mass is 286 g/mol. The molecule has 0 unspecified atom stereocenters. The number of fused-ring (bicyclic) bond motifs is 1. The predicted molar refractivity (Wildman–Crippen MR) is 82.1 cm³/mol. The summed E-state index contributed by atoms with van der Waals surface area (Å²) in [6, 6.07) is 2.92. The molecule has 0 radical (unpaired) electrons. The highest BCUT2D eigenvalue weighted by molar-refractivity contribution is 5.93. The number of aromatic amines is 1. The van der Waals surface area contributed by atoms with Crippen LogP contribution in [-0.2, 0) is 0 Å². The Morgan fingerprint density at radius 1 is 1.43 bits per heavy atom. The van der Waals surface area contributed by atoms with Gasteiger partial charge in [0.15, 0.2) is 0 Å². The van der Waals surface area contributed by atoms with E-state index in [-0.39, 0.29) is 11.5 Å². The molecule has 1 amide bonds. The Hall–Kier alpha value is -1.84. The summed E-state index contributed by atoms with van der Waals surface area (Å²) >= 11 is 0. The number of rotatable bonds is 4. The molecule has 0 spiro atoms. The SMILES string of the molecule is CC1(C)[C@H]2CC=C(CCNC(=O)c3ccc(=O)[nH]c3)[C@@H]1C2. The van der Waals surface area contributed by atoms with Crippen molar-refractivity contribution in [2.45, 2.75) is 33.1 Å². The normalized spacial score (nSPS) is 25.7. The van der Waals surface area contributed by atoms with E-state index >= 15 is 0 Å². The van der Waals surface area contributed by atoms with Gasteiger partial charge in [-0.25, -0.2) is 0 Å². The van der Waals surface area contributed by atoms with Crippen LogP contribution in [0.1, 0.15) is 43.5 Å². The maximum atomic E-state index is 12.0. The topological polar surface area (TPSA) is 62.0 Å². The molecule has 0 aliphatic heterocycles. The molecule has 0 aromatic carbocycles. The molecule has 3 aliphatic carbocycles. The van der Waals surface area contributed by atoms with Gasteiger partial charge in [0.1, 0.15) is 0 Å². The molecule has 1 saturated carbocycles. The minimum absolute atomic E-state index is 0.131. The van der Waals surface area contributed by atoms with Crippen molar-refractivity contribution in [3.8, 4) is 0 Å². The first-order valence-electron chi connectivity index (χ1n) is 7.64. The molecule has 4 rings (SSSR count). The molecular formula is C17H22N2O2. The Labute approximate surface area is 124 Å². The van der Waals surface area contributed by atoms with Crippen LogP contribution in [0, 0.1) is 17.3 Å². The number of hydrogen-bond acceptors (Lipinski definition) is 2. The fourth-order valence-electron chi connectivity index (χ4n) is 3.73. The number of H-pyrrole nitrogens is 1. The van der Waals surface area contributed by atoms with Crippen molar-refractivity contribution in [3.05, 3.63) is 45.9 Å². The van der Waals surface area contributed by atoms with Gasteiger partial charge in [-0.2, -0.15) is 0 Å². The number of nitrogens with one attached hydrogen (secondary N) is 2. The Morgan fingerprint density at radius 2 is 2.24 bits per heavy atom. The number of carbonyl (C=O) groups is 1. The zero-order valence-corrected chi connectivity index (χ0v) is 12.6. The second kappa shape index (κ2) is 5.17. The van der Waals surface area contributed by atoms with E-state index in [0.29, 0.717) is 23.4 Å². The summed E-state index contributed by atoms with van der Waals surface area (Å²) in [5, 5.41) is 2.93. The smallest absolute Gasteiger partial charge is 0.252 e. The average Bonchev–Trinajstić information content (AvgIpc) is 2.47. The summed E-state index contributed by atoms with van der Waals surface area (Å²) < 4.78 is 0. The summed E-state index contributed by atoms with van der Waals surface area (Å²) in [5.74, 6) is 1.41. The third-order valence-electron chi connectivity index (χ3n) is 5.33. The maximum Gasteiger partial charge on any atom is 0.252 e. The zero-order chi connectivity index (χ0) is 15.0. The van der Waals surface area contributed by atoms with Gasteiger partial charge in [0.05, 0.1) is 5.56 Å². The van der Waals surface area contributed by atoms with Crippen molar-refractivity contribution in [2.24, 2.45) is 17.3 Å². The Kier molecular flexibility index (Phi) is 3.47. The van der Waals surface area contributed by atoms with Gasteiger partial charge in [-0.05, 0) is 42.6 Å². The van der Waals surface area contributed by atoms with Gasteiger partial charge in [-0.1, -0.05) is 25.5 Å². The van der Waals surface area contributed by atoms with Gasteiger partial charge in [-0.15, -0.1) is 0 Å². The minimum Gasteiger partial charge on any atom is -0.352 e. The highest BCUT2D eigenvalue weighted by atomic mass is 16.1. The van der Waals surface area contributed by atoms with E-state index < -0.39 is 0 Å². The Balaban J connectivity index is 1.53. The lowest BCUT2D eigenvalue weighted by atomic mass is 9.48. The summed E-state index contributed by atoms with van der Waals surface area (Å²) in [5.41, 5.74) is 2.24. The van der Waals surface area contributed by atoms with E-state index in [1.807, 2.05) is 0 Å². The zero-order valence-electron chi connectivity index (χ0n) is 12.6. The van der Waals surface area contributed by atoms with Crippen molar-refractivity contribution in [3.63, 3.8) is 0 Å². The fraction of sp³-hybridized carbons (Fsp3) is 0.529. The third kappa shape index (κ3) is 2.55. The van der Waals surface area contributed by atoms with Crippen LogP contribution in [-0.4, -0.2) is 17.4 Å². The summed E-state index contributed by atoms with van der Waals surface area (Å²) in [7, 11) is 0. The second-order valence-corrected chi connectivity index (χ2v) is 6.77. The number of pyridine rings is 1. The molecule has 1 fully saturated rings. The molecule has 2 N–H and O–H groups in total. The van der Waals surface area contributed by atoms with Crippen LogP contribution in [0.2, 0.25) is 0 Å². The fourth-order valence-corrected chi connectivity index (χ4v) is 3.73. The molecule has 3 aliphatic rings. The van der Waals surface area contributed by atoms with Crippen LogP contribution >= 0.6 is 0 Å². The van der Waals surface area contributed by atoms with Crippen molar-refractivity contribution in [1.82, 2.24) is 10.3 Å². The number of hydrogen-bond donors (Lipinski definition) is 2. The Morgan fingerprint density at radius 3 is 2.86 bits per heavy atom. The Bertz CT molecular complexity index is 622. The quantitative estimate of drug-likeness (QED) is 0.835. The minimum atomic E-state index is -0.194. The van der Waals surface area contributed by atoms with Crippen LogP contribution in [0.15, 0.2) is 34.8 Å². The molecule has 4 nitrogen and oxygen atoms in total. The molecule has 21 heavy (non-hydrogen) atoms. The molecule has 4 heteroatoms. The van der Waals surface area contributed by atoms with Crippen LogP contribution in [0.25, 0.3) is 0 Å². The number of allylic oxidation sites excluding steroid dienone is 1. The first-order valence-corrected chi connectivity index (χ1v) is 7.64. The highest BCUT2D eigenvalue weighted by Crippen LogP contribution is 2.59. The van der Waals surface area contributed by atoms with Crippen molar-refractivity contribution in [1.29, 1.82) is 0 Å².